The van der Waals surface area contributed by atoms with Crippen molar-refractivity contribution in [1.82, 2.24) is 14.9 Å². The van der Waals surface area contributed by atoms with Gasteiger partial charge in [-0.3, -0.25) is 0 Å². The quantitative estimate of drug-likeness (QED) is 0.541. The summed E-state index contributed by atoms with van der Waals surface area (Å²) in [5, 5.41) is 18.8. The van der Waals surface area contributed by atoms with Gasteiger partial charge in [-0.1, -0.05) is 43.5 Å². The first-order valence-corrected chi connectivity index (χ1v) is 11.2. The second-order valence-corrected chi connectivity index (χ2v) is 8.48. The third-order valence-corrected chi connectivity index (χ3v) is 6.42. The molecule has 2 amide bonds. The summed E-state index contributed by atoms with van der Waals surface area (Å²) in [6, 6.07) is 15.9. The van der Waals surface area contributed by atoms with E-state index in [-0.39, 0.29) is 12.1 Å². The number of nitriles is 1. The van der Waals surface area contributed by atoms with E-state index >= 15 is 0 Å². The van der Waals surface area contributed by atoms with Gasteiger partial charge in [0, 0.05) is 18.2 Å². The highest BCUT2D eigenvalue weighted by Gasteiger charge is 2.28. The van der Waals surface area contributed by atoms with Crippen LogP contribution in [-0.2, 0) is 0 Å². The van der Waals surface area contributed by atoms with Gasteiger partial charge in [0.25, 0.3) is 0 Å². The second-order valence-electron chi connectivity index (χ2n) is 8.48. The lowest BCUT2D eigenvalue weighted by molar-refractivity contribution is 0.251. The Kier molecular flexibility index (Phi) is 5.51. The van der Waals surface area contributed by atoms with Crippen LogP contribution in [0.1, 0.15) is 49.3 Å². The molecule has 1 saturated carbocycles. The highest BCUT2D eigenvalue weighted by atomic mass is 16.2. The molecule has 0 spiro atoms. The fraction of sp³-hybridized carbons (Fsp3) is 0.320. The predicted molar refractivity (Wildman–Crippen MR) is 124 cm³/mol. The van der Waals surface area contributed by atoms with Crippen LogP contribution in [0.2, 0.25) is 0 Å². The Balaban J connectivity index is 1.28. The van der Waals surface area contributed by atoms with Crippen molar-refractivity contribution in [1.29, 1.82) is 5.26 Å². The molecule has 5 rings (SSSR count). The number of carbonyl (C=O) groups is 1. The lowest BCUT2D eigenvalue weighted by Crippen LogP contribution is -2.34. The van der Waals surface area contributed by atoms with Gasteiger partial charge in [0.1, 0.15) is 0 Å². The van der Waals surface area contributed by atoms with Crippen molar-refractivity contribution in [3.05, 3.63) is 66.1 Å². The lowest BCUT2D eigenvalue weighted by Gasteiger charge is -2.25. The van der Waals surface area contributed by atoms with Gasteiger partial charge in [-0.15, -0.1) is 0 Å². The van der Waals surface area contributed by atoms with Gasteiger partial charge < -0.3 is 20.5 Å². The first-order valence-electron chi connectivity index (χ1n) is 11.2. The number of hydrogen-bond donors (Lipinski definition) is 3. The number of urea groups is 1. The first kappa shape index (κ1) is 20.1. The molecule has 3 N–H and O–H groups in total. The van der Waals surface area contributed by atoms with Crippen LogP contribution in [0.15, 0.2) is 55.0 Å². The summed E-state index contributed by atoms with van der Waals surface area (Å²) in [6.45, 7) is 0.452. The molecule has 1 aliphatic heterocycles. The third-order valence-electron chi connectivity index (χ3n) is 6.42. The van der Waals surface area contributed by atoms with Crippen molar-refractivity contribution in [2.24, 2.45) is 0 Å². The molecule has 0 saturated heterocycles. The highest BCUT2D eigenvalue weighted by Crippen LogP contribution is 2.38. The van der Waals surface area contributed by atoms with E-state index in [4.69, 9.17) is 0 Å². The number of hydrogen-bond acceptors (Lipinski definition) is 4. The van der Waals surface area contributed by atoms with E-state index in [0.717, 1.165) is 29.8 Å². The van der Waals surface area contributed by atoms with E-state index in [9.17, 15) is 10.1 Å². The molecule has 1 atom stereocenters. The van der Waals surface area contributed by atoms with Crippen LogP contribution in [0.3, 0.4) is 0 Å². The van der Waals surface area contributed by atoms with E-state index in [0.29, 0.717) is 23.8 Å². The number of benzene rings is 2. The Labute approximate surface area is 187 Å². The summed E-state index contributed by atoms with van der Waals surface area (Å²) < 4.78 is 2.10. The maximum atomic E-state index is 12.8. The number of amides is 2. The van der Waals surface area contributed by atoms with Crippen molar-refractivity contribution in [3.63, 3.8) is 0 Å². The summed E-state index contributed by atoms with van der Waals surface area (Å²) in [6.07, 6.45) is 9.57. The fourth-order valence-electron chi connectivity index (χ4n) is 4.81. The molecule has 1 aliphatic carbocycles. The fourth-order valence-corrected chi connectivity index (χ4v) is 4.81. The zero-order valence-electron chi connectivity index (χ0n) is 17.8. The van der Waals surface area contributed by atoms with E-state index in [2.05, 4.69) is 43.7 Å². The molecule has 0 bridgehead atoms. The topological polar surface area (TPSA) is 94.8 Å². The minimum atomic E-state index is -0.271. The molecule has 32 heavy (non-hydrogen) atoms. The minimum absolute atomic E-state index is 0.00949. The van der Waals surface area contributed by atoms with Crippen LogP contribution in [0.25, 0.3) is 11.3 Å². The normalized spacial score (nSPS) is 17.2. The average molecular weight is 427 g/mol. The molecule has 1 aromatic heterocycles. The molecule has 1 fully saturated rings. The van der Waals surface area contributed by atoms with Crippen LogP contribution in [0.4, 0.5) is 16.2 Å². The highest BCUT2D eigenvalue weighted by molar-refractivity contribution is 5.93. The molecular weight excluding hydrogens is 400 g/mol. The molecule has 3 aromatic rings. The number of aromatic nitrogens is 2. The summed E-state index contributed by atoms with van der Waals surface area (Å²) in [4.78, 5) is 17.1. The van der Waals surface area contributed by atoms with Crippen LogP contribution >= 0.6 is 0 Å². The largest absolute Gasteiger partial charge is 0.381 e. The van der Waals surface area contributed by atoms with Crippen LogP contribution < -0.4 is 16.0 Å². The molecular formula is C25H26N6O. The Morgan fingerprint density at radius 3 is 2.81 bits per heavy atom. The number of fused-ring (bicyclic) bond motifs is 3. The first-order chi connectivity index (χ1) is 15.7. The van der Waals surface area contributed by atoms with Crippen LogP contribution in [0.5, 0.6) is 0 Å². The van der Waals surface area contributed by atoms with Crippen LogP contribution in [-0.4, -0.2) is 28.2 Å². The number of anilines is 2. The molecule has 7 nitrogen and oxygen atoms in total. The molecule has 2 heterocycles. The van der Waals surface area contributed by atoms with Gasteiger partial charge in [-0.05, 0) is 36.6 Å². The third kappa shape index (κ3) is 3.92. The van der Waals surface area contributed by atoms with Crippen molar-refractivity contribution in [2.75, 3.05) is 17.2 Å². The Morgan fingerprint density at radius 1 is 1.12 bits per heavy atom. The van der Waals surface area contributed by atoms with Gasteiger partial charge in [0.05, 0.1) is 47.3 Å². The number of carbonyl (C=O) groups excluding carboxylic acids is 1. The van der Waals surface area contributed by atoms with E-state index < -0.39 is 0 Å². The van der Waals surface area contributed by atoms with Crippen molar-refractivity contribution in [2.45, 2.75) is 44.2 Å². The summed E-state index contributed by atoms with van der Waals surface area (Å²) in [5.74, 6) is 0. The minimum Gasteiger partial charge on any atom is -0.381 e. The molecule has 2 aromatic carbocycles. The second kappa shape index (κ2) is 8.75. The van der Waals surface area contributed by atoms with Gasteiger partial charge in [0.2, 0.25) is 0 Å². The number of imidazole rings is 1. The standard InChI is InChI=1S/C25H26N6O/c26-13-17-10-11-21(22(12-17)29-18-6-2-1-3-7-18)30-25(32)28-15-24-20-9-5-4-8-19(20)23-14-27-16-31(23)24/h4-5,8-12,14,16,18,24,29H,1-3,6-7,15H2,(H2,28,30,32). The van der Waals surface area contributed by atoms with Gasteiger partial charge in [-0.25, -0.2) is 9.78 Å². The molecule has 2 aliphatic rings. The summed E-state index contributed by atoms with van der Waals surface area (Å²) >= 11 is 0. The maximum Gasteiger partial charge on any atom is 0.319 e. The predicted octanol–water partition coefficient (Wildman–Crippen LogP) is 4.89. The molecule has 0 radical (unpaired) electrons. The van der Waals surface area contributed by atoms with Gasteiger partial charge >= 0.3 is 6.03 Å². The molecule has 7 heteroatoms. The summed E-state index contributed by atoms with van der Waals surface area (Å²) in [5.41, 5.74) is 5.46. The zero-order chi connectivity index (χ0) is 21.9. The van der Waals surface area contributed by atoms with E-state index in [1.807, 2.05) is 30.7 Å². The van der Waals surface area contributed by atoms with Crippen molar-refractivity contribution < 1.29 is 4.79 Å². The Morgan fingerprint density at radius 2 is 1.97 bits per heavy atom. The van der Waals surface area contributed by atoms with Crippen molar-refractivity contribution >= 4 is 17.4 Å². The van der Waals surface area contributed by atoms with E-state index in [1.54, 1.807) is 12.1 Å². The monoisotopic (exact) mass is 426 g/mol. The van der Waals surface area contributed by atoms with Crippen LogP contribution in [0, 0.1) is 11.3 Å². The Bertz CT molecular complexity index is 1170. The number of nitrogens with zero attached hydrogens (tertiary/aromatic N) is 3. The average Bonchev–Trinajstić information content (AvgIpc) is 3.41. The zero-order valence-corrected chi connectivity index (χ0v) is 17.8. The SMILES string of the molecule is N#Cc1ccc(NC(=O)NCC2c3ccccc3-c3cncn32)c(NC2CCCCC2)c1. The lowest BCUT2D eigenvalue weighted by atomic mass is 9.95. The van der Waals surface area contributed by atoms with Gasteiger partial charge in [-0.2, -0.15) is 5.26 Å². The van der Waals surface area contributed by atoms with E-state index in [1.165, 1.54) is 24.8 Å². The van der Waals surface area contributed by atoms with Gasteiger partial charge in [0.15, 0.2) is 0 Å². The smallest absolute Gasteiger partial charge is 0.319 e. The Hall–Kier alpha value is -3.79. The number of nitrogens with one attached hydrogen (secondary N) is 3. The summed E-state index contributed by atoms with van der Waals surface area (Å²) in [7, 11) is 0. The maximum absolute atomic E-state index is 12.8. The molecule has 1 unspecified atom stereocenters. The number of rotatable bonds is 5. The van der Waals surface area contributed by atoms with Crippen molar-refractivity contribution in [3.8, 4) is 17.3 Å². The molecule has 162 valence electrons.